The Balaban J connectivity index is 1.78. The molecule has 152 valence electrons. The van der Waals surface area contributed by atoms with Crippen LogP contribution in [0.15, 0.2) is 66.9 Å². The Hall–Kier alpha value is -3.13. The van der Waals surface area contributed by atoms with E-state index in [1.165, 1.54) is 0 Å². The Labute approximate surface area is 166 Å². The number of nitrogens with one attached hydrogen (secondary N) is 1. The van der Waals surface area contributed by atoms with Crippen LogP contribution in [-0.4, -0.2) is 46.9 Å². The van der Waals surface area contributed by atoms with Crippen LogP contribution < -0.4 is 5.32 Å². The molecule has 0 bridgehead atoms. The topological polar surface area (TPSA) is 50.2 Å². The molecule has 3 aromatic rings. The number of likely N-dealkylation sites (N-methyl/N-ethyl adjacent to an activating group) is 1. The van der Waals surface area contributed by atoms with Crippen LogP contribution in [0.1, 0.15) is 5.56 Å². The summed E-state index contributed by atoms with van der Waals surface area (Å²) in [6, 6.07) is 19.2. The van der Waals surface area contributed by atoms with Crippen molar-refractivity contribution in [2.45, 2.75) is 12.7 Å². The fourth-order valence-electron chi connectivity index (χ4n) is 2.92. The number of amides is 1. The van der Waals surface area contributed by atoms with Crippen LogP contribution >= 0.6 is 0 Å². The highest BCUT2D eigenvalue weighted by Gasteiger charge is 2.27. The summed E-state index contributed by atoms with van der Waals surface area (Å²) >= 11 is 0. The van der Waals surface area contributed by atoms with Gasteiger partial charge in [-0.05, 0) is 19.2 Å². The number of hydrogen-bond donors (Lipinski definition) is 1. The van der Waals surface area contributed by atoms with Crippen LogP contribution in [0.5, 0.6) is 0 Å². The zero-order valence-corrected chi connectivity index (χ0v) is 15.9. The van der Waals surface area contributed by atoms with Gasteiger partial charge in [-0.15, -0.1) is 0 Å². The highest BCUT2D eigenvalue weighted by Crippen LogP contribution is 2.24. The van der Waals surface area contributed by atoms with E-state index in [1.807, 2.05) is 72.2 Å². The third-order valence-electron chi connectivity index (χ3n) is 4.20. The maximum absolute atomic E-state index is 12.3. The van der Waals surface area contributed by atoms with Crippen molar-refractivity contribution in [3.05, 3.63) is 72.4 Å². The first-order chi connectivity index (χ1) is 13.8. The summed E-state index contributed by atoms with van der Waals surface area (Å²) in [6.07, 6.45) is -2.55. The summed E-state index contributed by atoms with van der Waals surface area (Å²) < 4.78 is 38.6. The van der Waals surface area contributed by atoms with Gasteiger partial charge in [0.1, 0.15) is 6.54 Å². The van der Waals surface area contributed by atoms with Gasteiger partial charge < -0.3 is 5.32 Å². The van der Waals surface area contributed by atoms with Gasteiger partial charge in [0, 0.05) is 23.9 Å². The summed E-state index contributed by atoms with van der Waals surface area (Å²) in [4.78, 5) is 13.5. The molecule has 2 aromatic carbocycles. The van der Waals surface area contributed by atoms with Gasteiger partial charge in [-0.1, -0.05) is 48.5 Å². The normalized spacial score (nSPS) is 11.6. The third kappa shape index (κ3) is 5.92. The standard InChI is InChI=1S/C21H21F3N4O/c1-27(14-19(29)25-15-21(22,23)24)12-17-13-28(18-10-6-3-7-11-18)26-20(17)16-8-4-2-5-9-16/h2-11,13H,12,14-15H2,1H3,(H,25,29). The molecule has 1 heterocycles. The van der Waals surface area contributed by atoms with Crippen LogP contribution in [0.3, 0.4) is 0 Å². The molecule has 1 amide bonds. The average molecular weight is 402 g/mol. The largest absolute Gasteiger partial charge is 0.405 e. The summed E-state index contributed by atoms with van der Waals surface area (Å²) in [5, 5.41) is 6.58. The Morgan fingerprint density at radius 2 is 1.69 bits per heavy atom. The minimum absolute atomic E-state index is 0.152. The molecule has 5 nitrogen and oxygen atoms in total. The fraction of sp³-hybridized carbons (Fsp3) is 0.238. The first-order valence-electron chi connectivity index (χ1n) is 9.03. The number of carbonyl (C=O) groups excluding carboxylic acids is 1. The van der Waals surface area contributed by atoms with Gasteiger partial charge in [0.15, 0.2) is 0 Å². The highest BCUT2D eigenvalue weighted by molar-refractivity contribution is 5.78. The minimum atomic E-state index is -4.43. The van der Waals surface area contributed by atoms with E-state index in [0.717, 1.165) is 22.5 Å². The quantitative estimate of drug-likeness (QED) is 0.656. The minimum Gasteiger partial charge on any atom is -0.346 e. The molecule has 0 aliphatic heterocycles. The van der Waals surface area contributed by atoms with Gasteiger partial charge in [-0.25, -0.2) is 4.68 Å². The first kappa shape index (κ1) is 20.6. The first-order valence-corrected chi connectivity index (χ1v) is 9.03. The van der Waals surface area contributed by atoms with Crippen LogP contribution in [0.4, 0.5) is 13.2 Å². The van der Waals surface area contributed by atoms with Crippen LogP contribution in [0.2, 0.25) is 0 Å². The smallest absolute Gasteiger partial charge is 0.346 e. The molecular formula is C21H21F3N4O. The van der Waals surface area contributed by atoms with Crippen molar-refractivity contribution >= 4 is 5.91 Å². The van der Waals surface area contributed by atoms with Crippen molar-refractivity contribution in [2.24, 2.45) is 0 Å². The van der Waals surface area contributed by atoms with Crippen molar-refractivity contribution in [1.82, 2.24) is 20.0 Å². The zero-order valence-electron chi connectivity index (χ0n) is 15.9. The lowest BCUT2D eigenvalue weighted by Crippen LogP contribution is -2.39. The monoisotopic (exact) mass is 402 g/mol. The molecule has 8 heteroatoms. The Morgan fingerprint density at radius 3 is 2.31 bits per heavy atom. The van der Waals surface area contributed by atoms with Crippen molar-refractivity contribution in [1.29, 1.82) is 0 Å². The van der Waals surface area contributed by atoms with E-state index >= 15 is 0 Å². The van der Waals surface area contributed by atoms with Crippen molar-refractivity contribution in [3.8, 4) is 16.9 Å². The molecule has 1 N–H and O–H groups in total. The lowest BCUT2D eigenvalue weighted by atomic mass is 10.1. The zero-order chi connectivity index (χ0) is 20.9. The van der Waals surface area contributed by atoms with Crippen LogP contribution in [-0.2, 0) is 11.3 Å². The molecule has 0 aliphatic carbocycles. The van der Waals surface area contributed by atoms with Crippen molar-refractivity contribution in [3.63, 3.8) is 0 Å². The van der Waals surface area contributed by atoms with Crippen molar-refractivity contribution in [2.75, 3.05) is 20.1 Å². The number of alkyl halides is 3. The van der Waals surface area contributed by atoms with Gasteiger partial charge in [0.05, 0.1) is 17.9 Å². The Bertz CT molecular complexity index is 940. The molecule has 0 atom stereocenters. The second-order valence-corrected chi connectivity index (χ2v) is 6.71. The molecule has 0 saturated carbocycles. The molecule has 0 unspecified atom stereocenters. The summed E-state index contributed by atoms with van der Waals surface area (Å²) in [5.41, 5.74) is 3.44. The van der Waals surface area contributed by atoms with Gasteiger partial charge >= 0.3 is 6.18 Å². The third-order valence-corrected chi connectivity index (χ3v) is 4.20. The molecule has 0 spiro atoms. The molecule has 0 saturated heterocycles. The van der Waals surface area contributed by atoms with E-state index < -0.39 is 18.6 Å². The van der Waals surface area contributed by atoms with E-state index in [4.69, 9.17) is 5.10 Å². The van der Waals surface area contributed by atoms with E-state index in [1.54, 1.807) is 16.6 Å². The number of rotatable bonds is 7. The number of para-hydroxylation sites is 1. The van der Waals surface area contributed by atoms with Gasteiger partial charge in [-0.3, -0.25) is 9.69 Å². The number of nitrogens with zero attached hydrogens (tertiary/aromatic N) is 3. The van der Waals surface area contributed by atoms with Gasteiger partial charge in [-0.2, -0.15) is 18.3 Å². The number of halogens is 3. The predicted octanol–water partition coefficient (Wildman–Crippen LogP) is 3.65. The summed E-state index contributed by atoms with van der Waals surface area (Å²) in [7, 11) is 1.68. The SMILES string of the molecule is CN(CC(=O)NCC(F)(F)F)Cc1cn(-c2ccccc2)nc1-c1ccccc1. The second-order valence-electron chi connectivity index (χ2n) is 6.71. The number of hydrogen-bond acceptors (Lipinski definition) is 3. The Morgan fingerprint density at radius 1 is 1.07 bits per heavy atom. The van der Waals surface area contributed by atoms with E-state index in [-0.39, 0.29) is 6.54 Å². The Kier molecular flexibility index (Phi) is 6.33. The molecule has 0 aliphatic rings. The summed E-state index contributed by atoms with van der Waals surface area (Å²) in [5.74, 6) is -0.679. The van der Waals surface area contributed by atoms with E-state index in [0.29, 0.717) is 6.54 Å². The summed E-state index contributed by atoms with van der Waals surface area (Å²) in [6.45, 7) is -1.13. The van der Waals surface area contributed by atoms with Gasteiger partial charge in [0.2, 0.25) is 5.91 Å². The lowest BCUT2D eigenvalue weighted by Gasteiger charge is -2.16. The molecule has 0 radical (unpaired) electrons. The molecule has 0 fully saturated rings. The lowest BCUT2D eigenvalue weighted by molar-refractivity contribution is -0.138. The van der Waals surface area contributed by atoms with Gasteiger partial charge in [0.25, 0.3) is 0 Å². The molecule has 29 heavy (non-hydrogen) atoms. The highest BCUT2D eigenvalue weighted by atomic mass is 19.4. The van der Waals surface area contributed by atoms with Crippen molar-refractivity contribution < 1.29 is 18.0 Å². The maximum Gasteiger partial charge on any atom is 0.405 e. The van der Waals surface area contributed by atoms with Crippen LogP contribution in [0, 0.1) is 0 Å². The number of aromatic nitrogens is 2. The fourth-order valence-corrected chi connectivity index (χ4v) is 2.92. The van der Waals surface area contributed by atoms with E-state index in [2.05, 4.69) is 0 Å². The maximum atomic E-state index is 12.3. The second kappa shape index (κ2) is 8.91. The van der Waals surface area contributed by atoms with Crippen LogP contribution in [0.25, 0.3) is 16.9 Å². The number of benzene rings is 2. The average Bonchev–Trinajstić information content (AvgIpc) is 3.11. The predicted molar refractivity (Wildman–Crippen MR) is 104 cm³/mol. The molecule has 3 rings (SSSR count). The van der Waals surface area contributed by atoms with E-state index in [9.17, 15) is 18.0 Å². The number of carbonyl (C=O) groups is 1. The molecule has 1 aromatic heterocycles. The molecular weight excluding hydrogens is 381 g/mol.